The van der Waals surface area contributed by atoms with E-state index in [-0.39, 0.29) is 0 Å². The Labute approximate surface area is 89.8 Å². The number of methoxy groups -OCH3 is 1. The van der Waals surface area contributed by atoms with E-state index < -0.39 is 18.2 Å². The van der Waals surface area contributed by atoms with Crippen molar-refractivity contribution in [1.82, 2.24) is 5.32 Å². The number of unbranched alkanes of at least 4 members (excludes halogenated alkanes) is 1. The number of amides is 1. The van der Waals surface area contributed by atoms with Gasteiger partial charge in [0.1, 0.15) is 6.23 Å². The van der Waals surface area contributed by atoms with Crippen LogP contribution in [0.5, 0.6) is 0 Å². The predicted molar refractivity (Wildman–Crippen MR) is 58.6 cm³/mol. The highest BCUT2D eigenvalue weighted by Gasteiger charge is 2.17. The summed E-state index contributed by atoms with van der Waals surface area (Å²) in [5.74, 6) is -0.434. The van der Waals surface area contributed by atoms with Gasteiger partial charge in [0, 0.05) is 13.3 Å². The van der Waals surface area contributed by atoms with Crippen LogP contribution in [-0.4, -0.2) is 38.0 Å². The molecule has 6 heteroatoms. The molecule has 88 valence electrons. The van der Waals surface area contributed by atoms with E-state index in [2.05, 4.69) is 5.32 Å². The van der Waals surface area contributed by atoms with Crippen molar-refractivity contribution in [1.29, 1.82) is 5.41 Å². The van der Waals surface area contributed by atoms with Gasteiger partial charge in [-0.1, -0.05) is 6.42 Å². The molecule has 0 aromatic heterocycles. The summed E-state index contributed by atoms with van der Waals surface area (Å²) in [5, 5.41) is 9.85. The highest BCUT2D eigenvalue weighted by atomic mass is 16.5. The smallest absolute Gasteiger partial charge is 0.234 e. The van der Waals surface area contributed by atoms with Crippen LogP contribution in [0.2, 0.25) is 0 Å². The average molecular weight is 216 g/mol. The third-order valence-corrected chi connectivity index (χ3v) is 2.06. The summed E-state index contributed by atoms with van der Waals surface area (Å²) in [6.07, 6.45) is 2.80. The molecule has 1 amide bonds. The first-order valence-electron chi connectivity index (χ1n) is 4.94. The van der Waals surface area contributed by atoms with Crippen LogP contribution in [0, 0.1) is 5.41 Å². The van der Waals surface area contributed by atoms with Crippen molar-refractivity contribution >= 4 is 12.1 Å². The van der Waals surface area contributed by atoms with Gasteiger partial charge in [-0.3, -0.25) is 10.1 Å². The highest BCUT2D eigenvalue weighted by Crippen LogP contribution is 2.01. The average Bonchev–Trinajstić information content (AvgIpc) is 2.23. The first-order valence-corrected chi connectivity index (χ1v) is 4.94. The standard InChI is InChI=1S/C9H20N4O2/c1-15-8(6-11)13-7(9(12)14)4-2-3-5-10/h6-8,11,13H,2-5,10H2,1H3,(H2,12,14). The molecule has 0 aliphatic carbocycles. The second-order valence-electron chi connectivity index (χ2n) is 3.23. The lowest BCUT2D eigenvalue weighted by atomic mass is 10.1. The van der Waals surface area contributed by atoms with E-state index in [1.54, 1.807) is 0 Å². The molecule has 2 unspecified atom stereocenters. The minimum absolute atomic E-state index is 0.434. The number of rotatable bonds is 9. The number of ether oxygens (including phenoxy) is 1. The minimum atomic E-state index is -0.569. The molecule has 0 spiro atoms. The maximum absolute atomic E-state index is 11.1. The van der Waals surface area contributed by atoms with Crippen molar-refractivity contribution in [2.75, 3.05) is 13.7 Å². The number of carbonyl (C=O) groups excluding carboxylic acids is 1. The van der Waals surface area contributed by atoms with Gasteiger partial charge in [0.15, 0.2) is 0 Å². The number of nitrogens with one attached hydrogen (secondary N) is 2. The second-order valence-corrected chi connectivity index (χ2v) is 3.23. The van der Waals surface area contributed by atoms with Crippen molar-refractivity contribution in [2.24, 2.45) is 11.5 Å². The summed E-state index contributed by atoms with van der Waals surface area (Å²) < 4.78 is 4.90. The van der Waals surface area contributed by atoms with E-state index in [9.17, 15) is 4.79 Å². The second kappa shape index (κ2) is 8.34. The predicted octanol–water partition coefficient (Wildman–Crippen LogP) is -0.819. The Balaban J connectivity index is 4.02. The number of nitrogens with two attached hydrogens (primary N) is 2. The van der Waals surface area contributed by atoms with Crippen LogP contribution in [0.4, 0.5) is 0 Å². The SMILES string of the molecule is COC(C=N)NC(CCCCN)C(N)=O. The van der Waals surface area contributed by atoms with Gasteiger partial charge in [-0.05, 0) is 19.4 Å². The van der Waals surface area contributed by atoms with Crippen LogP contribution in [0.15, 0.2) is 0 Å². The molecule has 0 aromatic carbocycles. The summed E-state index contributed by atoms with van der Waals surface area (Å²) in [7, 11) is 1.46. The van der Waals surface area contributed by atoms with Crippen LogP contribution in [0.25, 0.3) is 0 Å². The zero-order valence-corrected chi connectivity index (χ0v) is 9.03. The molecule has 6 N–H and O–H groups in total. The van der Waals surface area contributed by atoms with Gasteiger partial charge in [-0.15, -0.1) is 0 Å². The van der Waals surface area contributed by atoms with Crippen LogP contribution in [0.1, 0.15) is 19.3 Å². The zero-order chi connectivity index (χ0) is 11.7. The van der Waals surface area contributed by atoms with Crippen molar-refractivity contribution in [2.45, 2.75) is 31.5 Å². The van der Waals surface area contributed by atoms with Crippen molar-refractivity contribution in [3.8, 4) is 0 Å². The van der Waals surface area contributed by atoms with Gasteiger partial charge in [0.05, 0.1) is 6.04 Å². The molecule has 0 bridgehead atoms. The fourth-order valence-electron chi connectivity index (χ4n) is 1.18. The molecule has 0 aliphatic rings. The van der Waals surface area contributed by atoms with E-state index in [1.807, 2.05) is 0 Å². The van der Waals surface area contributed by atoms with Crippen LogP contribution in [-0.2, 0) is 9.53 Å². The normalized spacial score (nSPS) is 14.5. The monoisotopic (exact) mass is 216 g/mol. The summed E-state index contributed by atoms with van der Waals surface area (Å²) in [4.78, 5) is 11.1. The van der Waals surface area contributed by atoms with Gasteiger partial charge < -0.3 is 21.6 Å². The minimum Gasteiger partial charge on any atom is -0.368 e. The lowest BCUT2D eigenvalue weighted by Gasteiger charge is -2.19. The molecule has 0 saturated heterocycles. The zero-order valence-electron chi connectivity index (χ0n) is 9.03. The first kappa shape index (κ1) is 14.0. The Bertz CT molecular complexity index is 199. The maximum Gasteiger partial charge on any atom is 0.234 e. The molecule has 15 heavy (non-hydrogen) atoms. The Kier molecular flexibility index (Phi) is 7.79. The lowest BCUT2D eigenvalue weighted by Crippen LogP contribution is -2.47. The molecule has 0 heterocycles. The Morgan fingerprint density at radius 3 is 2.67 bits per heavy atom. The summed E-state index contributed by atoms with van der Waals surface area (Å²) >= 11 is 0. The molecule has 0 rings (SSSR count). The molecule has 0 aliphatic heterocycles. The Morgan fingerprint density at radius 1 is 1.60 bits per heavy atom. The van der Waals surface area contributed by atoms with E-state index in [4.69, 9.17) is 21.6 Å². The van der Waals surface area contributed by atoms with Gasteiger partial charge >= 0.3 is 0 Å². The number of carbonyl (C=O) groups is 1. The maximum atomic E-state index is 11.1. The van der Waals surface area contributed by atoms with E-state index >= 15 is 0 Å². The molecule has 0 fully saturated rings. The Morgan fingerprint density at radius 2 is 2.27 bits per heavy atom. The number of primary amides is 1. The summed E-state index contributed by atoms with van der Waals surface area (Å²) in [5.41, 5.74) is 10.6. The molecule has 0 radical (unpaired) electrons. The van der Waals surface area contributed by atoms with Crippen molar-refractivity contribution in [3.05, 3.63) is 0 Å². The topological polar surface area (TPSA) is 114 Å². The number of hydrogen-bond donors (Lipinski definition) is 4. The lowest BCUT2D eigenvalue weighted by molar-refractivity contribution is -0.120. The third kappa shape index (κ3) is 6.16. The molecular formula is C9H20N4O2. The largest absolute Gasteiger partial charge is 0.368 e. The van der Waals surface area contributed by atoms with E-state index in [1.165, 1.54) is 7.11 Å². The summed E-state index contributed by atoms with van der Waals surface area (Å²) in [6, 6.07) is -0.469. The van der Waals surface area contributed by atoms with Gasteiger partial charge in [-0.25, -0.2) is 0 Å². The third-order valence-electron chi connectivity index (χ3n) is 2.06. The van der Waals surface area contributed by atoms with E-state index in [0.29, 0.717) is 13.0 Å². The fraction of sp³-hybridized carbons (Fsp3) is 0.778. The molecule has 6 nitrogen and oxygen atoms in total. The quantitative estimate of drug-likeness (QED) is 0.229. The van der Waals surface area contributed by atoms with Crippen LogP contribution >= 0.6 is 0 Å². The van der Waals surface area contributed by atoms with Gasteiger partial charge in [0.2, 0.25) is 5.91 Å². The fourth-order valence-corrected chi connectivity index (χ4v) is 1.18. The number of hydrogen-bond acceptors (Lipinski definition) is 5. The van der Waals surface area contributed by atoms with Gasteiger partial charge in [-0.2, -0.15) is 0 Å². The van der Waals surface area contributed by atoms with Crippen molar-refractivity contribution < 1.29 is 9.53 Å². The Hall–Kier alpha value is -0.980. The van der Waals surface area contributed by atoms with Crippen molar-refractivity contribution in [3.63, 3.8) is 0 Å². The molecule has 2 atom stereocenters. The van der Waals surface area contributed by atoms with Crippen LogP contribution in [0.3, 0.4) is 0 Å². The van der Waals surface area contributed by atoms with Crippen LogP contribution < -0.4 is 16.8 Å². The first-order chi connectivity index (χ1) is 7.15. The molecule has 0 saturated carbocycles. The highest BCUT2D eigenvalue weighted by molar-refractivity contribution is 5.80. The van der Waals surface area contributed by atoms with E-state index in [0.717, 1.165) is 19.1 Å². The molecule has 0 aromatic rings. The summed E-state index contributed by atoms with van der Waals surface area (Å²) in [6.45, 7) is 0.601. The molecular weight excluding hydrogens is 196 g/mol. The van der Waals surface area contributed by atoms with Gasteiger partial charge in [0.25, 0.3) is 0 Å².